The molecule has 1 fully saturated rings. The van der Waals surface area contributed by atoms with E-state index in [-0.39, 0.29) is 12.5 Å². The van der Waals surface area contributed by atoms with Crippen LogP contribution in [0.15, 0.2) is 18.2 Å². The molecule has 1 aromatic rings. The fraction of sp³-hybridized carbons (Fsp3) is 0.273. The monoisotopic (exact) mass is 205 g/mol. The van der Waals surface area contributed by atoms with Gasteiger partial charge in [-0.15, -0.1) is 0 Å². The van der Waals surface area contributed by atoms with Crippen LogP contribution in [0.5, 0.6) is 0 Å². The Morgan fingerprint density at radius 2 is 2.00 bits per heavy atom. The summed E-state index contributed by atoms with van der Waals surface area (Å²) in [6.45, 7) is 3.61. The first-order valence-corrected chi connectivity index (χ1v) is 4.66. The lowest BCUT2D eigenvalue weighted by molar-refractivity contribution is -0.117. The number of ether oxygens (including phenoxy) is 1. The third-order valence-electron chi connectivity index (χ3n) is 2.36. The largest absolute Gasteiger partial charge is 0.439 e. The number of carbonyl (C=O) groups is 2. The molecule has 0 spiro atoms. The average Bonchev–Trinajstić information content (AvgIpc) is 2.51. The normalized spacial score (nSPS) is 15.7. The van der Waals surface area contributed by atoms with Crippen LogP contribution in [0.2, 0.25) is 0 Å². The number of cyclic esters (lactones) is 1. The Morgan fingerprint density at radius 3 is 2.60 bits per heavy atom. The predicted molar refractivity (Wildman–Crippen MR) is 54.8 cm³/mol. The van der Waals surface area contributed by atoms with Crippen molar-refractivity contribution in [1.82, 2.24) is 0 Å². The van der Waals surface area contributed by atoms with Crippen molar-refractivity contribution in [2.45, 2.75) is 13.8 Å². The molecule has 15 heavy (non-hydrogen) atoms. The summed E-state index contributed by atoms with van der Waals surface area (Å²) >= 11 is 0. The van der Waals surface area contributed by atoms with E-state index in [9.17, 15) is 9.59 Å². The summed E-state index contributed by atoms with van der Waals surface area (Å²) in [4.78, 5) is 23.8. The molecule has 1 aromatic carbocycles. The van der Waals surface area contributed by atoms with Crippen LogP contribution in [-0.4, -0.2) is 18.6 Å². The van der Waals surface area contributed by atoms with E-state index < -0.39 is 6.09 Å². The first kappa shape index (κ1) is 9.71. The van der Waals surface area contributed by atoms with E-state index >= 15 is 0 Å². The third-order valence-corrected chi connectivity index (χ3v) is 2.36. The minimum absolute atomic E-state index is 0.161. The van der Waals surface area contributed by atoms with E-state index in [0.717, 1.165) is 16.0 Å². The minimum atomic E-state index is -0.589. The van der Waals surface area contributed by atoms with Crippen LogP contribution in [0, 0.1) is 13.8 Å². The molecule has 0 bridgehead atoms. The Morgan fingerprint density at radius 1 is 1.27 bits per heavy atom. The van der Waals surface area contributed by atoms with Gasteiger partial charge in [0.1, 0.15) is 0 Å². The summed E-state index contributed by atoms with van der Waals surface area (Å²) in [5.74, 6) is -0.311. The lowest BCUT2D eigenvalue weighted by Crippen LogP contribution is -2.29. The molecule has 2 amide bonds. The van der Waals surface area contributed by atoms with Gasteiger partial charge in [-0.25, -0.2) is 9.69 Å². The molecule has 4 nitrogen and oxygen atoms in total. The van der Waals surface area contributed by atoms with Crippen LogP contribution in [-0.2, 0) is 9.53 Å². The van der Waals surface area contributed by atoms with Crippen LogP contribution in [0.25, 0.3) is 0 Å². The molecule has 78 valence electrons. The number of hydrogen-bond donors (Lipinski definition) is 0. The topological polar surface area (TPSA) is 46.6 Å². The molecule has 1 saturated heterocycles. The van der Waals surface area contributed by atoms with Crippen molar-refractivity contribution in [2.24, 2.45) is 0 Å². The highest BCUT2D eigenvalue weighted by atomic mass is 16.6. The number of carbonyl (C=O) groups excluding carboxylic acids is 2. The second-order valence-electron chi connectivity index (χ2n) is 3.57. The molecule has 0 N–H and O–H groups in total. The molecular weight excluding hydrogens is 194 g/mol. The highest BCUT2D eigenvalue weighted by Gasteiger charge is 2.33. The number of hydrogen-bond acceptors (Lipinski definition) is 3. The lowest BCUT2D eigenvalue weighted by Gasteiger charge is -2.14. The molecule has 0 saturated carbocycles. The number of benzene rings is 1. The van der Waals surface area contributed by atoms with Gasteiger partial charge >= 0.3 is 6.09 Å². The molecule has 0 aliphatic carbocycles. The summed E-state index contributed by atoms with van der Waals surface area (Å²) in [6, 6.07) is 5.62. The summed E-state index contributed by atoms with van der Waals surface area (Å²) in [6.07, 6.45) is -0.589. The highest BCUT2D eigenvalue weighted by Crippen LogP contribution is 2.24. The predicted octanol–water partition coefficient (Wildman–Crippen LogP) is 1.79. The van der Waals surface area contributed by atoms with Gasteiger partial charge in [0.05, 0.1) is 5.69 Å². The van der Waals surface area contributed by atoms with E-state index in [1.807, 2.05) is 26.0 Å². The van der Waals surface area contributed by atoms with Gasteiger partial charge in [0, 0.05) is 0 Å². The number of amides is 2. The van der Waals surface area contributed by atoms with E-state index in [4.69, 9.17) is 0 Å². The van der Waals surface area contributed by atoms with Crippen LogP contribution >= 0.6 is 0 Å². The molecule has 0 aromatic heterocycles. The molecular formula is C11H11NO3. The van der Waals surface area contributed by atoms with Crippen molar-refractivity contribution in [3.63, 3.8) is 0 Å². The smallest absolute Gasteiger partial charge is 0.421 e. The van der Waals surface area contributed by atoms with Crippen molar-refractivity contribution >= 4 is 17.7 Å². The lowest BCUT2D eigenvalue weighted by atomic mass is 10.1. The number of imide groups is 1. The number of rotatable bonds is 1. The van der Waals surface area contributed by atoms with Gasteiger partial charge < -0.3 is 4.74 Å². The number of nitrogens with zero attached hydrogens (tertiary/aromatic N) is 1. The Labute approximate surface area is 87.4 Å². The molecule has 1 aliphatic heterocycles. The molecule has 1 heterocycles. The van der Waals surface area contributed by atoms with Crippen LogP contribution in [0.3, 0.4) is 0 Å². The minimum Gasteiger partial charge on any atom is -0.439 e. The SMILES string of the molecule is Cc1ccc(C)c(N2C(=O)COC2=O)c1. The molecule has 4 heteroatoms. The number of aryl methyl sites for hydroxylation is 2. The van der Waals surface area contributed by atoms with E-state index in [1.54, 1.807) is 6.07 Å². The maximum atomic E-state index is 11.4. The maximum Gasteiger partial charge on any atom is 0.421 e. The summed E-state index contributed by atoms with van der Waals surface area (Å²) in [5.41, 5.74) is 2.50. The zero-order chi connectivity index (χ0) is 11.0. The van der Waals surface area contributed by atoms with Gasteiger partial charge in [-0.3, -0.25) is 4.79 Å². The van der Waals surface area contributed by atoms with E-state index in [1.165, 1.54) is 0 Å². The molecule has 2 rings (SSSR count). The average molecular weight is 205 g/mol. The van der Waals surface area contributed by atoms with Crippen molar-refractivity contribution in [2.75, 3.05) is 11.5 Å². The fourth-order valence-corrected chi connectivity index (χ4v) is 1.55. The molecule has 0 atom stereocenters. The van der Waals surface area contributed by atoms with Gasteiger partial charge in [0.15, 0.2) is 6.61 Å². The second-order valence-corrected chi connectivity index (χ2v) is 3.57. The standard InChI is InChI=1S/C11H11NO3/c1-7-3-4-8(2)9(5-7)12-10(13)6-15-11(12)14/h3-5H,6H2,1-2H3. The van der Waals surface area contributed by atoms with Gasteiger partial charge in [-0.05, 0) is 31.0 Å². The van der Waals surface area contributed by atoms with E-state index in [0.29, 0.717) is 5.69 Å². The first-order chi connectivity index (χ1) is 7.09. The Hall–Kier alpha value is -1.84. The van der Waals surface area contributed by atoms with Gasteiger partial charge in [-0.2, -0.15) is 0 Å². The quantitative estimate of drug-likeness (QED) is 0.702. The summed E-state index contributed by atoms with van der Waals surface area (Å²) in [5, 5.41) is 0. The summed E-state index contributed by atoms with van der Waals surface area (Å²) < 4.78 is 4.66. The summed E-state index contributed by atoms with van der Waals surface area (Å²) in [7, 11) is 0. The maximum absolute atomic E-state index is 11.4. The fourth-order valence-electron chi connectivity index (χ4n) is 1.55. The van der Waals surface area contributed by atoms with Gasteiger partial charge in [-0.1, -0.05) is 12.1 Å². The Kier molecular flexibility index (Phi) is 2.19. The number of anilines is 1. The van der Waals surface area contributed by atoms with Crippen molar-refractivity contribution in [1.29, 1.82) is 0 Å². The third kappa shape index (κ3) is 1.58. The highest BCUT2D eigenvalue weighted by molar-refractivity contribution is 6.17. The first-order valence-electron chi connectivity index (χ1n) is 4.66. The van der Waals surface area contributed by atoms with E-state index in [2.05, 4.69) is 4.74 Å². The van der Waals surface area contributed by atoms with Gasteiger partial charge in [0.25, 0.3) is 5.91 Å². The molecule has 0 radical (unpaired) electrons. The second kappa shape index (κ2) is 3.38. The zero-order valence-electron chi connectivity index (χ0n) is 8.61. The van der Waals surface area contributed by atoms with Crippen molar-refractivity contribution in [3.05, 3.63) is 29.3 Å². The van der Waals surface area contributed by atoms with Crippen LogP contribution in [0.1, 0.15) is 11.1 Å². The molecule has 0 unspecified atom stereocenters. The van der Waals surface area contributed by atoms with Gasteiger partial charge in [0.2, 0.25) is 0 Å². The Balaban J connectivity index is 2.48. The molecule has 1 aliphatic rings. The van der Waals surface area contributed by atoms with Crippen LogP contribution < -0.4 is 4.90 Å². The zero-order valence-corrected chi connectivity index (χ0v) is 8.61. The van der Waals surface area contributed by atoms with Crippen molar-refractivity contribution < 1.29 is 14.3 Å². The van der Waals surface area contributed by atoms with Crippen molar-refractivity contribution in [3.8, 4) is 0 Å². The Bertz CT molecular complexity index is 423. The van der Waals surface area contributed by atoms with Crippen LogP contribution in [0.4, 0.5) is 10.5 Å².